The maximum absolute atomic E-state index is 13.8. The third kappa shape index (κ3) is 3.80. The van der Waals surface area contributed by atoms with Crippen LogP contribution in [0.4, 0.5) is 4.39 Å². The summed E-state index contributed by atoms with van der Waals surface area (Å²) in [4.78, 5) is 0. The van der Waals surface area contributed by atoms with Gasteiger partial charge in [0.2, 0.25) is 0 Å². The molecule has 0 amide bonds. The van der Waals surface area contributed by atoms with Crippen molar-refractivity contribution in [2.45, 2.75) is 32.6 Å². The third-order valence-electron chi connectivity index (χ3n) is 2.74. The van der Waals surface area contributed by atoms with Crippen LogP contribution >= 0.6 is 11.8 Å². The van der Waals surface area contributed by atoms with Gasteiger partial charge in [-0.25, -0.2) is 4.39 Å². The van der Waals surface area contributed by atoms with E-state index in [0.717, 1.165) is 17.1 Å². The van der Waals surface area contributed by atoms with Gasteiger partial charge in [0.1, 0.15) is 5.82 Å². The van der Waals surface area contributed by atoms with Crippen LogP contribution < -0.4 is 5.73 Å². The number of benzene rings is 1. The number of hydrogen-bond donors (Lipinski definition) is 1. The molecule has 2 N–H and O–H groups in total. The van der Waals surface area contributed by atoms with Gasteiger partial charge < -0.3 is 5.73 Å². The largest absolute Gasteiger partial charge is 0.326 e. The maximum Gasteiger partial charge on any atom is 0.131 e. The molecule has 90 valence electrons. The van der Waals surface area contributed by atoms with E-state index in [1.807, 2.05) is 12.1 Å². The smallest absolute Gasteiger partial charge is 0.131 e. The molecule has 0 aliphatic carbocycles. The van der Waals surface area contributed by atoms with Gasteiger partial charge >= 0.3 is 0 Å². The standard InChI is InChI=1S/C13H20FNS/c1-3-10(2)8-16-9-12-6-4-5-11(7-15)13(12)14/h4-6,10H,3,7-9,15H2,1-2H3. The van der Waals surface area contributed by atoms with Crippen molar-refractivity contribution in [1.29, 1.82) is 0 Å². The van der Waals surface area contributed by atoms with Crippen LogP contribution in [0.1, 0.15) is 31.4 Å². The molecule has 0 heterocycles. The van der Waals surface area contributed by atoms with Crippen molar-refractivity contribution < 1.29 is 4.39 Å². The van der Waals surface area contributed by atoms with Crippen molar-refractivity contribution in [2.75, 3.05) is 5.75 Å². The first kappa shape index (κ1) is 13.5. The number of thioether (sulfide) groups is 1. The van der Waals surface area contributed by atoms with Gasteiger partial charge in [0, 0.05) is 17.9 Å². The highest BCUT2D eigenvalue weighted by Gasteiger charge is 2.07. The monoisotopic (exact) mass is 241 g/mol. The molecule has 1 atom stereocenters. The Morgan fingerprint density at radius 3 is 2.69 bits per heavy atom. The molecule has 0 aliphatic rings. The predicted molar refractivity (Wildman–Crippen MR) is 69.9 cm³/mol. The van der Waals surface area contributed by atoms with Gasteiger partial charge in [-0.2, -0.15) is 11.8 Å². The van der Waals surface area contributed by atoms with Gasteiger partial charge in [0.05, 0.1) is 0 Å². The molecule has 1 nitrogen and oxygen atoms in total. The van der Waals surface area contributed by atoms with Gasteiger partial charge in [-0.15, -0.1) is 0 Å². The minimum Gasteiger partial charge on any atom is -0.326 e. The summed E-state index contributed by atoms with van der Waals surface area (Å²) < 4.78 is 13.8. The average Bonchev–Trinajstić information content (AvgIpc) is 2.31. The van der Waals surface area contributed by atoms with Gasteiger partial charge in [-0.1, -0.05) is 38.5 Å². The van der Waals surface area contributed by atoms with Crippen LogP contribution in [0.3, 0.4) is 0 Å². The molecule has 1 rings (SSSR count). The minimum atomic E-state index is -0.123. The maximum atomic E-state index is 13.8. The minimum absolute atomic E-state index is 0.123. The Hall–Kier alpha value is -0.540. The molecular formula is C13H20FNS. The highest BCUT2D eigenvalue weighted by atomic mass is 32.2. The molecule has 0 bridgehead atoms. The van der Waals surface area contributed by atoms with Gasteiger partial charge in [0.25, 0.3) is 0 Å². The molecule has 0 saturated heterocycles. The molecule has 0 spiro atoms. The fraction of sp³-hybridized carbons (Fsp3) is 0.538. The molecular weight excluding hydrogens is 221 g/mol. The summed E-state index contributed by atoms with van der Waals surface area (Å²) in [5, 5.41) is 0. The van der Waals surface area contributed by atoms with Crippen molar-refractivity contribution in [3.05, 3.63) is 35.1 Å². The van der Waals surface area contributed by atoms with Crippen molar-refractivity contribution >= 4 is 11.8 Å². The molecule has 1 aromatic carbocycles. The van der Waals surface area contributed by atoms with E-state index in [9.17, 15) is 4.39 Å². The van der Waals surface area contributed by atoms with Crippen LogP contribution in [0.15, 0.2) is 18.2 Å². The first-order chi connectivity index (χ1) is 7.69. The summed E-state index contributed by atoms with van der Waals surface area (Å²) in [5.41, 5.74) is 6.86. The second-order valence-corrected chi connectivity index (χ2v) is 5.15. The fourth-order valence-corrected chi connectivity index (χ4v) is 2.59. The Morgan fingerprint density at radius 1 is 1.38 bits per heavy atom. The molecule has 0 aromatic heterocycles. The topological polar surface area (TPSA) is 26.0 Å². The molecule has 1 aromatic rings. The van der Waals surface area contributed by atoms with E-state index in [4.69, 9.17) is 5.73 Å². The molecule has 16 heavy (non-hydrogen) atoms. The molecule has 0 aliphatic heterocycles. The van der Waals surface area contributed by atoms with Crippen molar-refractivity contribution in [1.82, 2.24) is 0 Å². The molecule has 3 heteroatoms. The Morgan fingerprint density at radius 2 is 2.06 bits per heavy atom. The zero-order chi connectivity index (χ0) is 12.0. The quantitative estimate of drug-likeness (QED) is 0.824. The SMILES string of the molecule is CCC(C)CSCc1cccc(CN)c1F. The van der Waals surface area contributed by atoms with E-state index in [-0.39, 0.29) is 12.4 Å². The van der Waals surface area contributed by atoms with Crippen LogP contribution in [0.5, 0.6) is 0 Å². The lowest BCUT2D eigenvalue weighted by molar-refractivity contribution is 0.600. The summed E-state index contributed by atoms with van der Waals surface area (Å²) in [7, 11) is 0. The Bertz CT molecular complexity index is 328. The number of hydrogen-bond acceptors (Lipinski definition) is 2. The summed E-state index contributed by atoms with van der Waals surface area (Å²) >= 11 is 1.79. The molecule has 0 fully saturated rings. The first-order valence-corrected chi connectivity index (χ1v) is 6.88. The first-order valence-electron chi connectivity index (χ1n) is 5.73. The van der Waals surface area contributed by atoms with E-state index >= 15 is 0 Å². The van der Waals surface area contributed by atoms with Crippen molar-refractivity contribution in [2.24, 2.45) is 11.7 Å². The lowest BCUT2D eigenvalue weighted by Gasteiger charge is -2.09. The highest BCUT2D eigenvalue weighted by molar-refractivity contribution is 7.98. The third-order valence-corrected chi connectivity index (χ3v) is 4.06. The number of halogens is 1. The van der Waals surface area contributed by atoms with E-state index in [1.54, 1.807) is 17.8 Å². The Kier molecular flexibility index (Phi) is 5.85. The highest BCUT2D eigenvalue weighted by Crippen LogP contribution is 2.20. The van der Waals surface area contributed by atoms with E-state index in [0.29, 0.717) is 11.5 Å². The Balaban J connectivity index is 2.54. The Labute approximate surface area is 102 Å². The van der Waals surface area contributed by atoms with Crippen LogP contribution in [-0.4, -0.2) is 5.75 Å². The van der Waals surface area contributed by atoms with Gasteiger partial charge in [0.15, 0.2) is 0 Å². The fourth-order valence-electron chi connectivity index (χ4n) is 1.39. The summed E-state index contributed by atoms with van der Waals surface area (Å²) in [6.07, 6.45) is 1.18. The molecule has 1 unspecified atom stereocenters. The van der Waals surface area contributed by atoms with Crippen molar-refractivity contribution in [3.63, 3.8) is 0 Å². The van der Waals surface area contributed by atoms with E-state index in [1.165, 1.54) is 6.42 Å². The van der Waals surface area contributed by atoms with Crippen molar-refractivity contribution in [3.8, 4) is 0 Å². The lowest BCUT2D eigenvalue weighted by Crippen LogP contribution is -2.03. The summed E-state index contributed by atoms with van der Waals surface area (Å²) in [5.74, 6) is 2.40. The zero-order valence-electron chi connectivity index (χ0n) is 10.0. The molecule has 0 radical (unpaired) electrons. The average molecular weight is 241 g/mol. The molecule has 0 saturated carbocycles. The van der Waals surface area contributed by atoms with Gasteiger partial charge in [-0.05, 0) is 17.2 Å². The predicted octanol–water partition coefficient (Wildman–Crippen LogP) is 3.56. The van der Waals surface area contributed by atoms with Crippen LogP contribution in [0, 0.1) is 11.7 Å². The van der Waals surface area contributed by atoms with E-state index in [2.05, 4.69) is 13.8 Å². The normalized spacial score (nSPS) is 12.8. The van der Waals surface area contributed by atoms with Crippen LogP contribution in [-0.2, 0) is 12.3 Å². The van der Waals surface area contributed by atoms with E-state index < -0.39 is 0 Å². The van der Waals surface area contributed by atoms with Gasteiger partial charge in [-0.3, -0.25) is 0 Å². The second-order valence-electron chi connectivity index (χ2n) is 4.12. The lowest BCUT2D eigenvalue weighted by atomic mass is 10.1. The van der Waals surface area contributed by atoms with Crippen LogP contribution in [0.25, 0.3) is 0 Å². The zero-order valence-corrected chi connectivity index (χ0v) is 10.8. The van der Waals surface area contributed by atoms with Crippen LogP contribution in [0.2, 0.25) is 0 Å². The summed E-state index contributed by atoms with van der Waals surface area (Å²) in [6.45, 7) is 4.68. The second kappa shape index (κ2) is 6.92. The summed E-state index contributed by atoms with van der Waals surface area (Å²) in [6, 6.07) is 5.47. The number of nitrogens with two attached hydrogens (primary N) is 1. The number of rotatable bonds is 6.